The first-order valence-corrected chi connectivity index (χ1v) is 18.8. The summed E-state index contributed by atoms with van der Waals surface area (Å²) in [5.74, 6) is 1.82. The van der Waals surface area contributed by atoms with E-state index in [1.165, 1.54) is 35.2 Å². The molecule has 3 aromatic rings. The highest BCUT2D eigenvalue weighted by Gasteiger charge is 2.70. The SMILES string of the molecule is CC1(C)CC[C@]2(C(=O)OCc3ccccc3)CC[C@]3(C)C(=C(c4cccnc4)CC4[C@@]5(C)Cc6c(n[nH]c6N)C(C)(C)[C@@H]5CC[C@]43C)[C@@H]2C1. The maximum absolute atomic E-state index is 14.7. The maximum Gasteiger partial charge on any atom is 0.313 e. The van der Waals surface area contributed by atoms with E-state index in [0.29, 0.717) is 18.4 Å². The molecule has 1 unspecified atom stereocenters. The molecule has 0 amide bonds. The molecule has 7 atom stereocenters. The number of benzene rings is 1. The summed E-state index contributed by atoms with van der Waals surface area (Å²) < 4.78 is 6.33. The second kappa shape index (κ2) is 10.8. The van der Waals surface area contributed by atoms with Crippen molar-refractivity contribution in [2.45, 2.75) is 118 Å². The Hall–Kier alpha value is -3.41. The number of anilines is 1. The smallest absolute Gasteiger partial charge is 0.313 e. The Morgan fingerprint density at radius 2 is 1.69 bits per heavy atom. The molecule has 260 valence electrons. The fourth-order valence-electron chi connectivity index (χ4n) is 12.8. The number of carbonyl (C=O) groups is 1. The predicted molar refractivity (Wildman–Crippen MR) is 195 cm³/mol. The van der Waals surface area contributed by atoms with Gasteiger partial charge in [0.15, 0.2) is 0 Å². The lowest BCUT2D eigenvalue weighted by atomic mass is 9.33. The number of fused-ring (bicyclic) bond motifs is 8. The van der Waals surface area contributed by atoms with Gasteiger partial charge in [0.25, 0.3) is 0 Å². The van der Waals surface area contributed by atoms with E-state index in [1.54, 1.807) is 5.57 Å². The second-order valence-corrected chi connectivity index (χ2v) is 18.7. The fourth-order valence-corrected chi connectivity index (χ4v) is 12.8. The van der Waals surface area contributed by atoms with Crippen molar-refractivity contribution in [3.05, 3.63) is 82.8 Å². The molecule has 2 aromatic heterocycles. The standard InChI is InChI=1S/C43H56N4O2/c1-38(2)17-19-43(37(48)49-26-27-12-9-8-10-13-27)20-18-42(7)34(31(43)24-38)29(28-14-11-21-45-25-28)22-33-40(5)23-30-35(46-47-36(30)44)39(3,4)32(40)15-16-41(33,42)6/h8-14,21,25,31-33H,15-20,22-24,26H2,1-7H3,(H3,44,46,47)/t31-,32-,33?,40-,41+,42+,43-/m0/s1. The molecule has 1 aromatic carbocycles. The first kappa shape index (κ1) is 32.8. The van der Waals surface area contributed by atoms with E-state index in [2.05, 4.69) is 84.0 Å². The predicted octanol–water partition coefficient (Wildman–Crippen LogP) is 9.47. The number of pyridine rings is 1. The number of nitrogens with zero attached hydrogens (tertiary/aromatic N) is 2. The third-order valence-corrected chi connectivity index (χ3v) is 15.6. The summed E-state index contributed by atoms with van der Waals surface area (Å²) >= 11 is 0. The van der Waals surface area contributed by atoms with E-state index in [4.69, 9.17) is 20.6 Å². The van der Waals surface area contributed by atoms with Crippen LogP contribution in [-0.4, -0.2) is 21.2 Å². The highest BCUT2D eigenvalue weighted by Crippen LogP contribution is 2.77. The van der Waals surface area contributed by atoms with Gasteiger partial charge >= 0.3 is 5.97 Å². The third kappa shape index (κ3) is 4.53. The van der Waals surface area contributed by atoms with Crippen LogP contribution in [0.15, 0.2) is 60.4 Å². The summed E-state index contributed by atoms with van der Waals surface area (Å²) in [5.41, 5.74) is 13.9. The van der Waals surface area contributed by atoms with Crippen LogP contribution in [-0.2, 0) is 28.0 Å². The van der Waals surface area contributed by atoms with E-state index in [9.17, 15) is 4.79 Å². The van der Waals surface area contributed by atoms with Crippen LogP contribution in [0.2, 0.25) is 0 Å². The number of nitrogens with one attached hydrogen (secondary N) is 1. The van der Waals surface area contributed by atoms with E-state index in [-0.39, 0.29) is 39.0 Å². The van der Waals surface area contributed by atoms with Crippen molar-refractivity contribution in [3.8, 4) is 0 Å². The van der Waals surface area contributed by atoms with Crippen LogP contribution in [0.5, 0.6) is 0 Å². The van der Waals surface area contributed by atoms with Gasteiger partial charge in [0, 0.05) is 23.4 Å². The minimum atomic E-state index is -0.510. The van der Waals surface area contributed by atoms with Gasteiger partial charge in [-0.2, -0.15) is 5.10 Å². The number of nitrogen functional groups attached to an aromatic ring is 1. The lowest BCUT2D eigenvalue weighted by Crippen LogP contribution is -2.65. The number of esters is 1. The molecule has 8 rings (SSSR count). The van der Waals surface area contributed by atoms with Crippen LogP contribution in [0.4, 0.5) is 5.82 Å². The van der Waals surface area contributed by atoms with Crippen LogP contribution in [0.25, 0.3) is 5.57 Å². The molecule has 0 spiro atoms. The molecule has 2 heterocycles. The number of carbonyl (C=O) groups excluding carboxylic acids is 1. The van der Waals surface area contributed by atoms with Crippen molar-refractivity contribution >= 4 is 17.4 Å². The summed E-state index contributed by atoms with van der Waals surface area (Å²) in [4.78, 5) is 19.4. The molecule has 3 fully saturated rings. The molecule has 5 aliphatic carbocycles. The zero-order valence-electron chi connectivity index (χ0n) is 30.8. The van der Waals surface area contributed by atoms with Gasteiger partial charge in [0.1, 0.15) is 12.4 Å². The molecule has 6 nitrogen and oxygen atoms in total. The number of hydrogen-bond donors (Lipinski definition) is 2. The van der Waals surface area contributed by atoms with Crippen LogP contribution < -0.4 is 5.73 Å². The number of aromatic nitrogens is 3. The number of allylic oxidation sites excluding steroid dienone is 2. The summed E-state index contributed by atoms with van der Waals surface area (Å²) in [6.07, 6.45) is 13.1. The molecule has 0 radical (unpaired) electrons. The van der Waals surface area contributed by atoms with Crippen molar-refractivity contribution in [1.29, 1.82) is 0 Å². The van der Waals surface area contributed by atoms with Gasteiger partial charge in [-0.15, -0.1) is 0 Å². The number of ether oxygens (including phenoxy) is 1. The van der Waals surface area contributed by atoms with E-state index < -0.39 is 5.41 Å². The van der Waals surface area contributed by atoms with Crippen LogP contribution in [0.3, 0.4) is 0 Å². The van der Waals surface area contributed by atoms with E-state index in [1.807, 2.05) is 24.4 Å². The summed E-state index contributed by atoms with van der Waals surface area (Å²) in [6, 6.07) is 14.5. The lowest BCUT2D eigenvalue weighted by molar-refractivity contribution is -0.181. The van der Waals surface area contributed by atoms with Gasteiger partial charge < -0.3 is 10.5 Å². The molecular formula is C43H56N4O2. The minimum Gasteiger partial charge on any atom is -0.460 e. The summed E-state index contributed by atoms with van der Waals surface area (Å²) in [5, 5.41) is 7.97. The Balaban J connectivity index is 1.30. The number of aromatic amines is 1. The van der Waals surface area contributed by atoms with Gasteiger partial charge in [0.2, 0.25) is 0 Å². The van der Waals surface area contributed by atoms with Gasteiger partial charge in [0.05, 0.1) is 11.1 Å². The number of rotatable bonds is 4. The Kier molecular flexibility index (Phi) is 7.22. The molecule has 0 saturated heterocycles. The molecule has 49 heavy (non-hydrogen) atoms. The first-order chi connectivity index (χ1) is 23.2. The van der Waals surface area contributed by atoms with Crippen molar-refractivity contribution < 1.29 is 9.53 Å². The average molecular weight is 661 g/mol. The van der Waals surface area contributed by atoms with Crippen molar-refractivity contribution in [3.63, 3.8) is 0 Å². The molecule has 0 bridgehead atoms. The zero-order valence-corrected chi connectivity index (χ0v) is 30.8. The van der Waals surface area contributed by atoms with Gasteiger partial charge in [-0.25, -0.2) is 0 Å². The Morgan fingerprint density at radius 3 is 2.43 bits per heavy atom. The first-order valence-electron chi connectivity index (χ1n) is 18.8. The summed E-state index contributed by atoms with van der Waals surface area (Å²) in [7, 11) is 0. The van der Waals surface area contributed by atoms with Gasteiger partial charge in [-0.3, -0.25) is 14.9 Å². The van der Waals surface area contributed by atoms with E-state index >= 15 is 0 Å². The van der Waals surface area contributed by atoms with Crippen molar-refractivity contribution in [2.75, 3.05) is 5.73 Å². The van der Waals surface area contributed by atoms with E-state index in [0.717, 1.165) is 56.3 Å². The quantitative estimate of drug-likeness (QED) is 0.272. The second-order valence-electron chi connectivity index (χ2n) is 18.7. The molecule has 6 heteroatoms. The van der Waals surface area contributed by atoms with Gasteiger partial charge in [-0.1, -0.05) is 90.4 Å². The van der Waals surface area contributed by atoms with Crippen molar-refractivity contribution in [1.82, 2.24) is 15.2 Å². The largest absolute Gasteiger partial charge is 0.460 e. The Labute approximate surface area is 293 Å². The molecule has 3 N–H and O–H groups in total. The molecule has 5 aliphatic rings. The van der Waals surface area contributed by atoms with Crippen LogP contribution >= 0.6 is 0 Å². The van der Waals surface area contributed by atoms with Crippen LogP contribution in [0.1, 0.15) is 122 Å². The lowest BCUT2D eigenvalue weighted by Gasteiger charge is -2.71. The highest BCUT2D eigenvalue weighted by molar-refractivity contribution is 5.81. The Morgan fingerprint density at radius 1 is 0.939 bits per heavy atom. The summed E-state index contributed by atoms with van der Waals surface area (Å²) in [6.45, 7) is 17.8. The topological polar surface area (TPSA) is 93.9 Å². The Bertz CT molecular complexity index is 1810. The number of hydrogen-bond acceptors (Lipinski definition) is 5. The highest BCUT2D eigenvalue weighted by atomic mass is 16.5. The molecule has 0 aliphatic heterocycles. The molecule has 3 saturated carbocycles. The van der Waals surface area contributed by atoms with Crippen molar-refractivity contribution in [2.24, 2.45) is 44.8 Å². The average Bonchev–Trinajstić information content (AvgIpc) is 3.44. The third-order valence-electron chi connectivity index (χ3n) is 15.6. The van der Waals surface area contributed by atoms with Gasteiger partial charge in [-0.05, 0) is 120 Å². The minimum absolute atomic E-state index is 0.0110. The number of nitrogens with two attached hydrogens (primary N) is 1. The zero-order chi connectivity index (χ0) is 34.6. The normalized spacial score (nSPS) is 37.2. The molecular weight excluding hydrogens is 604 g/mol. The fraction of sp³-hybridized carbons (Fsp3) is 0.605. The monoisotopic (exact) mass is 660 g/mol. The maximum atomic E-state index is 14.7. The van der Waals surface area contributed by atoms with Crippen LogP contribution in [0, 0.1) is 44.8 Å². The number of H-pyrrole nitrogens is 1.